The molecule has 0 saturated heterocycles. The van der Waals surface area contributed by atoms with E-state index in [1.54, 1.807) is 12.1 Å². The fourth-order valence-corrected chi connectivity index (χ4v) is 2.92. The van der Waals surface area contributed by atoms with Crippen LogP contribution in [0.1, 0.15) is 33.2 Å². The van der Waals surface area contributed by atoms with Crippen LogP contribution >= 0.6 is 23.2 Å². The quantitative estimate of drug-likeness (QED) is 0.825. The monoisotopic (exact) mass is 376 g/mol. The second-order valence-corrected chi connectivity index (χ2v) is 6.42. The zero-order valence-corrected chi connectivity index (χ0v) is 14.8. The first-order chi connectivity index (χ1) is 11.9. The van der Waals surface area contributed by atoms with Crippen LogP contribution in [-0.2, 0) is 11.2 Å². The zero-order chi connectivity index (χ0) is 18.1. The third-order valence-corrected chi connectivity index (χ3v) is 4.68. The summed E-state index contributed by atoms with van der Waals surface area (Å²) in [4.78, 5) is 37.8. The Kier molecular flexibility index (Phi) is 4.79. The summed E-state index contributed by atoms with van der Waals surface area (Å²) in [5, 5.41) is 3.04. The van der Waals surface area contributed by atoms with E-state index in [0.717, 1.165) is 16.9 Å². The van der Waals surface area contributed by atoms with Crippen molar-refractivity contribution in [3.8, 4) is 0 Å². The number of hydrogen-bond acceptors (Lipinski definition) is 3. The van der Waals surface area contributed by atoms with E-state index in [4.69, 9.17) is 23.2 Å². The molecule has 0 atom stereocenters. The molecule has 0 spiro atoms. The summed E-state index contributed by atoms with van der Waals surface area (Å²) in [6.07, 6.45) is 0.897. The van der Waals surface area contributed by atoms with E-state index in [1.165, 1.54) is 12.1 Å². The summed E-state index contributed by atoms with van der Waals surface area (Å²) in [6, 6.07) is 10.1. The van der Waals surface area contributed by atoms with Crippen molar-refractivity contribution in [3.63, 3.8) is 0 Å². The molecule has 1 heterocycles. The molecule has 3 rings (SSSR count). The molecule has 0 unspecified atom stereocenters. The third kappa shape index (κ3) is 3.38. The lowest BCUT2D eigenvalue weighted by Crippen LogP contribution is -2.37. The van der Waals surface area contributed by atoms with Gasteiger partial charge in [-0.15, -0.1) is 0 Å². The number of anilines is 1. The van der Waals surface area contributed by atoms with Crippen molar-refractivity contribution in [2.24, 2.45) is 0 Å². The summed E-state index contributed by atoms with van der Waals surface area (Å²) >= 11 is 11.8. The van der Waals surface area contributed by atoms with E-state index < -0.39 is 17.7 Å². The van der Waals surface area contributed by atoms with Gasteiger partial charge in [0.15, 0.2) is 0 Å². The minimum absolute atomic E-state index is 0.152. The Morgan fingerprint density at radius 1 is 1.00 bits per heavy atom. The number of fused-ring (bicyclic) bond motifs is 1. The zero-order valence-electron chi connectivity index (χ0n) is 13.3. The average molecular weight is 377 g/mol. The standard InChI is InChI=1S/C18H14Cl2N2O3/c1-2-10-3-5-11(6-4-10)21-16(23)9-22-17(24)12-7-14(19)15(20)8-13(12)18(22)25/h3-8H,2,9H2,1H3,(H,21,23). The number of carbonyl (C=O) groups is 3. The molecule has 0 saturated carbocycles. The van der Waals surface area contributed by atoms with E-state index in [9.17, 15) is 14.4 Å². The van der Waals surface area contributed by atoms with E-state index in [-0.39, 0.29) is 27.7 Å². The van der Waals surface area contributed by atoms with E-state index in [2.05, 4.69) is 5.32 Å². The van der Waals surface area contributed by atoms with Gasteiger partial charge in [-0.3, -0.25) is 19.3 Å². The van der Waals surface area contributed by atoms with Crippen LogP contribution in [0.4, 0.5) is 5.69 Å². The second kappa shape index (κ2) is 6.86. The predicted octanol–water partition coefficient (Wildman–Crippen LogP) is 3.79. The summed E-state index contributed by atoms with van der Waals surface area (Å²) in [6.45, 7) is 1.66. The summed E-state index contributed by atoms with van der Waals surface area (Å²) in [5.41, 5.74) is 2.05. The highest BCUT2D eigenvalue weighted by Gasteiger charge is 2.37. The van der Waals surface area contributed by atoms with Crippen LogP contribution in [0, 0.1) is 0 Å². The normalized spacial score (nSPS) is 13.2. The fourth-order valence-electron chi connectivity index (χ4n) is 2.60. The molecule has 0 aliphatic carbocycles. The Labute approximate surface area is 154 Å². The van der Waals surface area contributed by atoms with Gasteiger partial charge in [0, 0.05) is 5.69 Å². The predicted molar refractivity (Wildman–Crippen MR) is 96.3 cm³/mol. The van der Waals surface area contributed by atoms with Crippen LogP contribution in [-0.4, -0.2) is 29.2 Å². The van der Waals surface area contributed by atoms with E-state index in [0.29, 0.717) is 5.69 Å². The fraction of sp³-hybridized carbons (Fsp3) is 0.167. The number of nitrogens with one attached hydrogen (secondary N) is 1. The molecule has 0 radical (unpaired) electrons. The first kappa shape index (κ1) is 17.5. The van der Waals surface area contributed by atoms with Crippen LogP contribution in [0.3, 0.4) is 0 Å². The number of carbonyl (C=O) groups excluding carboxylic acids is 3. The van der Waals surface area contributed by atoms with Gasteiger partial charge in [0.25, 0.3) is 11.8 Å². The van der Waals surface area contributed by atoms with Crippen molar-refractivity contribution in [1.29, 1.82) is 0 Å². The number of amides is 3. The van der Waals surface area contributed by atoms with Gasteiger partial charge in [-0.2, -0.15) is 0 Å². The molecular formula is C18H14Cl2N2O3. The molecule has 25 heavy (non-hydrogen) atoms. The molecule has 0 aromatic heterocycles. The Morgan fingerprint density at radius 3 is 2.00 bits per heavy atom. The van der Waals surface area contributed by atoms with E-state index in [1.807, 2.05) is 19.1 Å². The molecule has 1 N–H and O–H groups in total. The average Bonchev–Trinajstić information content (AvgIpc) is 2.81. The molecule has 2 aromatic rings. The Morgan fingerprint density at radius 2 is 1.52 bits per heavy atom. The van der Waals surface area contributed by atoms with Gasteiger partial charge < -0.3 is 5.32 Å². The van der Waals surface area contributed by atoms with Crippen molar-refractivity contribution in [2.75, 3.05) is 11.9 Å². The van der Waals surface area contributed by atoms with Crippen molar-refractivity contribution in [3.05, 3.63) is 63.1 Å². The van der Waals surface area contributed by atoms with Crippen LogP contribution < -0.4 is 5.32 Å². The van der Waals surface area contributed by atoms with Crippen molar-refractivity contribution >= 4 is 46.6 Å². The highest BCUT2D eigenvalue weighted by molar-refractivity contribution is 6.43. The Balaban J connectivity index is 1.73. The number of hydrogen-bond donors (Lipinski definition) is 1. The number of nitrogens with zero attached hydrogens (tertiary/aromatic N) is 1. The van der Waals surface area contributed by atoms with Gasteiger partial charge in [0.2, 0.25) is 5.91 Å². The lowest BCUT2D eigenvalue weighted by Gasteiger charge is -2.13. The van der Waals surface area contributed by atoms with Crippen LogP contribution in [0.15, 0.2) is 36.4 Å². The highest BCUT2D eigenvalue weighted by Crippen LogP contribution is 2.31. The largest absolute Gasteiger partial charge is 0.325 e. The smallest absolute Gasteiger partial charge is 0.262 e. The van der Waals surface area contributed by atoms with Gasteiger partial charge in [0.1, 0.15) is 6.54 Å². The maximum Gasteiger partial charge on any atom is 0.262 e. The van der Waals surface area contributed by atoms with Gasteiger partial charge >= 0.3 is 0 Å². The second-order valence-electron chi connectivity index (χ2n) is 5.61. The molecule has 1 aliphatic rings. The number of imide groups is 1. The van der Waals surface area contributed by atoms with Gasteiger partial charge in [-0.1, -0.05) is 42.3 Å². The molecular weight excluding hydrogens is 363 g/mol. The molecule has 128 valence electrons. The minimum atomic E-state index is -0.560. The molecule has 0 fully saturated rings. The van der Waals surface area contributed by atoms with Crippen LogP contribution in [0.5, 0.6) is 0 Å². The molecule has 2 aromatic carbocycles. The highest BCUT2D eigenvalue weighted by atomic mass is 35.5. The summed E-state index contributed by atoms with van der Waals surface area (Å²) in [5.74, 6) is -1.58. The van der Waals surface area contributed by atoms with Crippen molar-refractivity contribution in [1.82, 2.24) is 4.90 Å². The molecule has 3 amide bonds. The minimum Gasteiger partial charge on any atom is -0.325 e. The first-order valence-electron chi connectivity index (χ1n) is 7.64. The third-order valence-electron chi connectivity index (χ3n) is 3.96. The molecule has 7 heteroatoms. The molecule has 1 aliphatic heterocycles. The van der Waals surface area contributed by atoms with Gasteiger partial charge in [0.05, 0.1) is 21.2 Å². The maximum absolute atomic E-state index is 12.4. The summed E-state index contributed by atoms with van der Waals surface area (Å²) in [7, 11) is 0. The van der Waals surface area contributed by atoms with Gasteiger partial charge in [-0.05, 0) is 36.2 Å². The number of halogens is 2. The van der Waals surface area contributed by atoms with E-state index >= 15 is 0 Å². The van der Waals surface area contributed by atoms with Crippen molar-refractivity contribution < 1.29 is 14.4 Å². The van der Waals surface area contributed by atoms with Gasteiger partial charge in [-0.25, -0.2) is 0 Å². The SMILES string of the molecule is CCc1ccc(NC(=O)CN2C(=O)c3cc(Cl)c(Cl)cc3C2=O)cc1. The lowest BCUT2D eigenvalue weighted by atomic mass is 10.1. The first-order valence-corrected chi connectivity index (χ1v) is 8.40. The van der Waals surface area contributed by atoms with Crippen LogP contribution in [0.25, 0.3) is 0 Å². The maximum atomic E-state index is 12.4. The number of rotatable bonds is 4. The Bertz CT molecular complexity index is 838. The molecule has 5 nitrogen and oxygen atoms in total. The molecule has 0 bridgehead atoms. The van der Waals surface area contributed by atoms with Crippen LogP contribution in [0.2, 0.25) is 10.0 Å². The Hall–Kier alpha value is -2.37. The lowest BCUT2D eigenvalue weighted by molar-refractivity contribution is -0.116. The number of aryl methyl sites for hydroxylation is 1. The topological polar surface area (TPSA) is 66.5 Å². The van der Waals surface area contributed by atoms with Crippen molar-refractivity contribution in [2.45, 2.75) is 13.3 Å². The summed E-state index contributed by atoms with van der Waals surface area (Å²) < 4.78 is 0. The number of benzene rings is 2.